The molecule has 4 nitrogen and oxygen atoms in total. The van der Waals surface area contributed by atoms with Crippen LogP contribution in [0.4, 0.5) is 0 Å². The summed E-state index contributed by atoms with van der Waals surface area (Å²) in [6.45, 7) is 10.1. The minimum absolute atomic E-state index is 0.139. The van der Waals surface area contributed by atoms with Gasteiger partial charge in [0.2, 0.25) is 10.0 Å². The summed E-state index contributed by atoms with van der Waals surface area (Å²) in [5, 5.41) is 0. The fourth-order valence-electron chi connectivity index (χ4n) is 1.60. The van der Waals surface area contributed by atoms with Gasteiger partial charge in [-0.25, -0.2) is 13.1 Å². The number of nitrogens with one attached hydrogen (secondary N) is 1. The van der Waals surface area contributed by atoms with Crippen LogP contribution in [0.25, 0.3) is 0 Å². The first-order valence-corrected chi connectivity index (χ1v) is 7.40. The van der Waals surface area contributed by atoms with E-state index in [1.165, 1.54) is 0 Å². The van der Waals surface area contributed by atoms with Crippen molar-refractivity contribution in [2.75, 3.05) is 12.3 Å². The summed E-state index contributed by atoms with van der Waals surface area (Å²) in [7, 11) is -3.24. The molecule has 3 N–H and O–H groups in total. The highest BCUT2D eigenvalue weighted by atomic mass is 32.2. The van der Waals surface area contributed by atoms with Crippen LogP contribution in [-0.4, -0.2) is 26.3 Å². The summed E-state index contributed by atoms with van der Waals surface area (Å²) < 4.78 is 26.7. The number of hydrogen-bond donors (Lipinski definition) is 2. The van der Waals surface area contributed by atoms with Crippen LogP contribution in [-0.2, 0) is 10.0 Å². The Morgan fingerprint density at radius 3 is 2.00 bits per heavy atom. The lowest BCUT2D eigenvalue weighted by atomic mass is 9.96. The Morgan fingerprint density at radius 1 is 1.19 bits per heavy atom. The Morgan fingerprint density at radius 2 is 1.69 bits per heavy atom. The monoisotopic (exact) mass is 250 g/mol. The molecule has 98 valence electrons. The zero-order valence-electron chi connectivity index (χ0n) is 11.1. The maximum Gasteiger partial charge on any atom is 0.212 e. The third-order valence-corrected chi connectivity index (χ3v) is 4.55. The van der Waals surface area contributed by atoms with E-state index in [1.54, 1.807) is 0 Å². The van der Waals surface area contributed by atoms with Crippen LogP contribution in [0.5, 0.6) is 0 Å². The largest absolute Gasteiger partial charge is 0.330 e. The molecule has 0 rings (SSSR count). The van der Waals surface area contributed by atoms with Crippen LogP contribution in [0.15, 0.2) is 0 Å². The molecule has 0 aromatic rings. The molecule has 0 radical (unpaired) electrons. The van der Waals surface area contributed by atoms with E-state index in [1.807, 2.05) is 34.6 Å². The van der Waals surface area contributed by atoms with Crippen molar-refractivity contribution in [2.24, 2.45) is 11.1 Å². The predicted molar refractivity (Wildman–Crippen MR) is 68.7 cm³/mol. The van der Waals surface area contributed by atoms with E-state index in [0.717, 1.165) is 6.42 Å². The standard InChI is InChI=1S/C11H26N2O2S/c1-6-11(5,7-8-12)13-16(14,15)9-10(2,3)4/h13H,6-9,12H2,1-5H3. The fourth-order valence-corrected chi connectivity index (χ4v) is 3.81. The van der Waals surface area contributed by atoms with E-state index in [-0.39, 0.29) is 11.2 Å². The molecule has 0 aliphatic rings. The Kier molecular flexibility index (Phi) is 5.42. The number of hydrogen-bond acceptors (Lipinski definition) is 3. The molecular formula is C11H26N2O2S. The maximum atomic E-state index is 11.9. The second-order valence-electron chi connectivity index (χ2n) is 5.87. The van der Waals surface area contributed by atoms with Gasteiger partial charge >= 0.3 is 0 Å². The molecule has 0 heterocycles. The summed E-state index contributed by atoms with van der Waals surface area (Å²) >= 11 is 0. The van der Waals surface area contributed by atoms with Gasteiger partial charge in [-0.15, -0.1) is 0 Å². The molecular weight excluding hydrogens is 224 g/mol. The summed E-state index contributed by atoms with van der Waals surface area (Å²) in [6.07, 6.45) is 1.40. The van der Waals surface area contributed by atoms with Gasteiger partial charge in [0.1, 0.15) is 0 Å². The van der Waals surface area contributed by atoms with Crippen LogP contribution in [0.3, 0.4) is 0 Å². The molecule has 1 atom stereocenters. The van der Waals surface area contributed by atoms with Crippen molar-refractivity contribution < 1.29 is 8.42 Å². The average molecular weight is 250 g/mol. The Balaban J connectivity index is 4.68. The average Bonchev–Trinajstić information content (AvgIpc) is 1.98. The van der Waals surface area contributed by atoms with Gasteiger partial charge in [-0.3, -0.25) is 0 Å². The molecule has 0 aromatic heterocycles. The SMILES string of the molecule is CCC(C)(CCN)NS(=O)(=O)CC(C)(C)C. The highest BCUT2D eigenvalue weighted by molar-refractivity contribution is 7.89. The summed E-state index contributed by atoms with van der Waals surface area (Å²) in [5.74, 6) is 0.139. The van der Waals surface area contributed by atoms with Gasteiger partial charge in [-0.2, -0.15) is 0 Å². The van der Waals surface area contributed by atoms with E-state index in [0.29, 0.717) is 13.0 Å². The van der Waals surface area contributed by atoms with Crippen LogP contribution >= 0.6 is 0 Å². The van der Waals surface area contributed by atoms with Crippen molar-refractivity contribution in [3.8, 4) is 0 Å². The van der Waals surface area contributed by atoms with Gasteiger partial charge in [0.05, 0.1) is 5.75 Å². The Labute approximate surface area is 100 Å². The van der Waals surface area contributed by atoms with E-state index < -0.39 is 15.6 Å². The molecule has 0 aromatic carbocycles. The van der Waals surface area contributed by atoms with Crippen LogP contribution < -0.4 is 10.5 Å². The summed E-state index contributed by atoms with van der Waals surface area (Å²) in [5.41, 5.74) is 4.85. The lowest BCUT2D eigenvalue weighted by Crippen LogP contribution is -2.48. The molecule has 16 heavy (non-hydrogen) atoms. The third kappa shape index (κ3) is 6.45. The number of rotatable bonds is 6. The van der Waals surface area contributed by atoms with Gasteiger partial charge in [-0.1, -0.05) is 27.7 Å². The lowest BCUT2D eigenvalue weighted by molar-refractivity contribution is 0.372. The van der Waals surface area contributed by atoms with Gasteiger partial charge < -0.3 is 5.73 Å². The Bertz CT molecular complexity index is 306. The molecule has 5 heteroatoms. The van der Waals surface area contributed by atoms with Crippen LogP contribution in [0.1, 0.15) is 47.5 Å². The molecule has 0 aliphatic carbocycles. The molecule has 0 bridgehead atoms. The van der Waals surface area contributed by atoms with Crippen molar-refractivity contribution >= 4 is 10.0 Å². The first kappa shape index (κ1) is 15.9. The number of nitrogens with two attached hydrogens (primary N) is 1. The molecule has 0 amide bonds. The van der Waals surface area contributed by atoms with Crippen LogP contribution in [0, 0.1) is 5.41 Å². The third-order valence-electron chi connectivity index (χ3n) is 2.50. The smallest absolute Gasteiger partial charge is 0.212 e. The van der Waals surface area contributed by atoms with Crippen molar-refractivity contribution in [3.05, 3.63) is 0 Å². The minimum Gasteiger partial charge on any atom is -0.330 e. The second kappa shape index (κ2) is 5.47. The van der Waals surface area contributed by atoms with E-state index >= 15 is 0 Å². The van der Waals surface area contributed by atoms with E-state index in [4.69, 9.17) is 5.73 Å². The minimum atomic E-state index is -3.24. The summed E-state index contributed by atoms with van der Waals surface area (Å²) in [4.78, 5) is 0. The molecule has 1 unspecified atom stereocenters. The van der Waals surface area contributed by atoms with Crippen molar-refractivity contribution in [1.82, 2.24) is 4.72 Å². The molecule has 0 saturated carbocycles. The van der Waals surface area contributed by atoms with E-state index in [9.17, 15) is 8.42 Å². The first-order valence-electron chi connectivity index (χ1n) is 5.75. The molecule has 0 aliphatic heterocycles. The van der Waals surface area contributed by atoms with Gasteiger partial charge in [0, 0.05) is 5.54 Å². The second-order valence-corrected chi connectivity index (χ2v) is 7.60. The van der Waals surface area contributed by atoms with Crippen molar-refractivity contribution in [1.29, 1.82) is 0 Å². The van der Waals surface area contributed by atoms with Gasteiger partial charge in [0.25, 0.3) is 0 Å². The number of sulfonamides is 1. The quantitative estimate of drug-likeness (QED) is 0.750. The molecule has 0 fully saturated rings. The van der Waals surface area contributed by atoms with Crippen molar-refractivity contribution in [3.63, 3.8) is 0 Å². The normalized spacial score (nSPS) is 17.1. The topological polar surface area (TPSA) is 72.2 Å². The Hall–Kier alpha value is -0.130. The summed E-state index contributed by atoms with van der Waals surface area (Å²) in [6, 6.07) is 0. The predicted octanol–water partition coefficient (Wildman–Crippen LogP) is 1.47. The zero-order chi connectivity index (χ0) is 13.0. The van der Waals surface area contributed by atoms with E-state index in [2.05, 4.69) is 4.72 Å². The highest BCUT2D eigenvalue weighted by Gasteiger charge is 2.30. The van der Waals surface area contributed by atoms with Crippen LogP contribution in [0.2, 0.25) is 0 Å². The van der Waals surface area contributed by atoms with Crippen molar-refractivity contribution in [2.45, 2.75) is 53.0 Å². The molecule has 0 spiro atoms. The van der Waals surface area contributed by atoms with Gasteiger partial charge in [-0.05, 0) is 31.7 Å². The lowest BCUT2D eigenvalue weighted by Gasteiger charge is -2.30. The van der Waals surface area contributed by atoms with Gasteiger partial charge in [0.15, 0.2) is 0 Å². The molecule has 0 saturated heterocycles. The highest BCUT2D eigenvalue weighted by Crippen LogP contribution is 2.20. The maximum absolute atomic E-state index is 11.9. The zero-order valence-corrected chi connectivity index (χ0v) is 11.9. The first-order chi connectivity index (χ1) is 7.04. The fraction of sp³-hybridized carbons (Fsp3) is 1.00.